The van der Waals surface area contributed by atoms with Gasteiger partial charge in [-0.3, -0.25) is 10.0 Å². The zero-order chi connectivity index (χ0) is 19.4. The number of hydrogen-bond donors (Lipinski definition) is 3. The second-order valence-electron chi connectivity index (χ2n) is 6.78. The van der Waals surface area contributed by atoms with Gasteiger partial charge in [-0.1, -0.05) is 54.6 Å². The highest BCUT2D eigenvalue weighted by Crippen LogP contribution is 2.40. The molecule has 6 heteroatoms. The molecule has 2 atom stereocenters. The Morgan fingerprint density at radius 3 is 2.08 bits per heavy atom. The molecule has 0 aliphatic rings. The molecule has 140 valence electrons. The third-order valence-corrected chi connectivity index (χ3v) is 5.12. The molecule has 0 aliphatic carbocycles. The van der Waals surface area contributed by atoms with Crippen LogP contribution in [0.1, 0.15) is 25.8 Å². The van der Waals surface area contributed by atoms with Gasteiger partial charge in [0.1, 0.15) is 5.60 Å². The van der Waals surface area contributed by atoms with Gasteiger partial charge in [-0.2, -0.15) is 0 Å². The Labute approximate surface area is 151 Å². The zero-order valence-corrected chi connectivity index (χ0v) is 14.7. The van der Waals surface area contributed by atoms with Crippen LogP contribution in [0.5, 0.6) is 0 Å². The zero-order valence-electron chi connectivity index (χ0n) is 14.7. The normalized spacial score (nSPS) is 16.0. The van der Waals surface area contributed by atoms with Gasteiger partial charge in [-0.25, -0.2) is 14.3 Å². The summed E-state index contributed by atoms with van der Waals surface area (Å²) >= 11 is 0. The van der Waals surface area contributed by atoms with E-state index in [1.807, 2.05) is 54.6 Å². The van der Waals surface area contributed by atoms with E-state index in [4.69, 9.17) is 5.21 Å². The van der Waals surface area contributed by atoms with Crippen LogP contribution >= 0.6 is 0 Å². The van der Waals surface area contributed by atoms with Gasteiger partial charge >= 0.3 is 0 Å². The number of aryl methyl sites for hydroxylation is 1. The van der Waals surface area contributed by atoms with E-state index in [1.165, 1.54) is 12.4 Å². The summed E-state index contributed by atoms with van der Waals surface area (Å²) in [6.07, 6.45) is -2.89. The van der Waals surface area contributed by atoms with Crippen molar-refractivity contribution in [3.63, 3.8) is 0 Å². The minimum absolute atomic E-state index is 0.0541. The first-order chi connectivity index (χ1) is 12.2. The van der Waals surface area contributed by atoms with Crippen molar-refractivity contribution in [3.8, 4) is 11.1 Å². The van der Waals surface area contributed by atoms with E-state index in [1.54, 1.807) is 0 Å². The third-order valence-electron chi connectivity index (χ3n) is 5.12. The maximum atomic E-state index is 13.3. The van der Waals surface area contributed by atoms with E-state index in [0.29, 0.717) is 6.42 Å². The Hall–Kier alpha value is -2.31. The number of amides is 1. The van der Waals surface area contributed by atoms with Crippen molar-refractivity contribution in [2.24, 2.45) is 5.41 Å². The SMILES string of the molecule is CC(CCc1ccc(-c2ccccc2)cc1)(C(=O)NO)C(C)(O)C(F)F. The van der Waals surface area contributed by atoms with E-state index in [0.717, 1.165) is 23.6 Å². The smallest absolute Gasteiger partial charge is 0.267 e. The van der Waals surface area contributed by atoms with Crippen LogP contribution in [-0.2, 0) is 11.2 Å². The molecule has 2 unspecified atom stereocenters. The fourth-order valence-corrected chi connectivity index (χ4v) is 2.85. The van der Waals surface area contributed by atoms with Gasteiger partial charge in [0.25, 0.3) is 12.3 Å². The standard InChI is InChI=1S/C20H23F2NO3/c1-19(18(24)23-26,20(2,25)17(21)22)13-12-14-8-10-16(11-9-14)15-6-4-3-5-7-15/h3-11,17,25-26H,12-13H2,1-2H3,(H,23,24). The fraction of sp³-hybridized carbons (Fsp3) is 0.350. The molecule has 26 heavy (non-hydrogen) atoms. The molecule has 1 amide bonds. The second kappa shape index (κ2) is 7.93. The summed E-state index contributed by atoms with van der Waals surface area (Å²) in [4.78, 5) is 12.0. The lowest BCUT2D eigenvalue weighted by molar-refractivity contribution is -0.183. The molecule has 0 aliphatic heterocycles. The Balaban J connectivity index is 2.18. The van der Waals surface area contributed by atoms with Crippen LogP contribution in [0, 0.1) is 5.41 Å². The van der Waals surface area contributed by atoms with Crippen molar-refractivity contribution in [2.45, 2.75) is 38.7 Å². The number of nitrogens with one attached hydrogen (secondary N) is 1. The lowest BCUT2D eigenvalue weighted by Crippen LogP contribution is -2.57. The molecular formula is C20H23F2NO3. The molecule has 0 aromatic heterocycles. The maximum Gasteiger partial charge on any atom is 0.267 e. The van der Waals surface area contributed by atoms with Gasteiger partial charge in [0.15, 0.2) is 0 Å². The third kappa shape index (κ3) is 3.92. The van der Waals surface area contributed by atoms with Gasteiger partial charge in [-0.15, -0.1) is 0 Å². The molecule has 3 N–H and O–H groups in total. The molecule has 2 aromatic carbocycles. The van der Waals surface area contributed by atoms with Crippen molar-refractivity contribution in [1.29, 1.82) is 0 Å². The summed E-state index contributed by atoms with van der Waals surface area (Å²) in [7, 11) is 0. The number of hydroxylamine groups is 1. The first kappa shape index (κ1) is 20.0. The Morgan fingerprint density at radius 2 is 1.58 bits per heavy atom. The van der Waals surface area contributed by atoms with Gasteiger partial charge in [0.05, 0.1) is 5.41 Å². The predicted molar refractivity (Wildman–Crippen MR) is 94.9 cm³/mol. The average molecular weight is 363 g/mol. The molecule has 4 nitrogen and oxygen atoms in total. The van der Waals surface area contributed by atoms with E-state index in [2.05, 4.69) is 0 Å². The minimum atomic E-state index is -3.13. The molecule has 0 heterocycles. The summed E-state index contributed by atoms with van der Waals surface area (Å²) in [6, 6.07) is 17.3. The molecule has 2 rings (SSSR count). The molecular weight excluding hydrogens is 340 g/mol. The molecule has 0 saturated heterocycles. The summed E-state index contributed by atoms with van der Waals surface area (Å²) < 4.78 is 26.5. The van der Waals surface area contributed by atoms with Gasteiger partial charge in [0, 0.05) is 0 Å². The lowest BCUT2D eigenvalue weighted by Gasteiger charge is -2.40. The number of carbonyl (C=O) groups excluding carboxylic acids is 1. The summed E-state index contributed by atoms with van der Waals surface area (Å²) in [5.41, 5.74) is -0.114. The average Bonchev–Trinajstić information content (AvgIpc) is 2.66. The van der Waals surface area contributed by atoms with Gasteiger partial charge < -0.3 is 5.11 Å². The van der Waals surface area contributed by atoms with Gasteiger partial charge in [0.2, 0.25) is 0 Å². The molecule has 0 fully saturated rings. The van der Waals surface area contributed by atoms with E-state index in [9.17, 15) is 18.7 Å². The van der Waals surface area contributed by atoms with Crippen LogP contribution in [-0.4, -0.2) is 28.2 Å². The van der Waals surface area contributed by atoms with Crippen LogP contribution in [0.4, 0.5) is 8.78 Å². The van der Waals surface area contributed by atoms with Crippen molar-refractivity contribution in [2.75, 3.05) is 0 Å². The van der Waals surface area contributed by atoms with Gasteiger partial charge in [-0.05, 0) is 43.4 Å². The highest BCUT2D eigenvalue weighted by molar-refractivity contribution is 5.82. The number of halogens is 2. The van der Waals surface area contributed by atoms with Crippen LogP contribution in [0.2, 0.25) is 0 Å². The quantitative estimate of drug-likeness (QED) is 0.517. The number of carbonyl (C=O) groups is 1. The lowest BCUT2D eigenvalue weighted by atomic mass is 9.70. The number of rotatable bonds is 7. The summed E-state index contributed by atoms with van der Waals surface area (Å²) in [5, 5.41) is 19.1. The first-order valence-electron chi connectivity index (χ1n) is 8.32. The molecule has 0 bridgehead atoms. The van der Waals surface area contributed by atoms with E-state index in [-0.39, 0.29) is 6.42 Å². The Kier molecular flexibility index (Phi) is 6.10. The van der Waals surface area contributed by atoms with Crippen molar-refractivity contribution >= 4 is 5.91 Å². The number of aliphatic hydroxyl groups is 1. The van der Waals surface area contributed by atoms with E-state index >= 15 is 0 Å². The largest absolute Gasteiger partial charge is 0.383 e. The molecule has 0 spiro atoms. The highest BCUT2D eigenvalue weighted by atomic mass is 19.3. The van der Waals surface area contributed by atoms with Crippen molar-refractivity contribution in [3.05, 3.63) is 60.2 Å². The molecule has 0 saturated carbocycles. The van der Waals surface area contributed by atoms with Crippen LogP contribution < -0.4 is 5.48 Å². The minimum Gasteiger partial charge on any atom is -0.383 e. The highest BCUT2D eigenvalue weighted by Gasteiger charge is 2.54. The number of hydrogen-bond acceptors (Lipinski definition) is 3. The molecule has 0 radical (unpaired) electrons. The Bertz CT molecular complexity index is 732. The maximum absolute atomic E-state index is 13.3. The fourth-order valence-electron chi connectivity index (χ4n) is 2.85. The summed E-state index contributed by atoms with van der Waals surface area (Å²) in [6.45, 7) is 2.13. The monoisotopic (exact) mass is 363 g/mol. The van der Waals surface area contributed by atoms with Crippen LogP contribution in [0.3, 0.4) is 0 Å². The summed E-state index contributed by atoms with van der Waals surface area (Å²) in [5.74, 6) is -1.04. The second-order valence-corrected chi connectivity index (χ2v) is 6.78. The van der Waals surface area contributed by atoms with Crippen molar-refractivity contribution in [1.82, 2.24) is 5.48 Å². The van der Waals surface area contributed by atoms with Crippen LogP contribution in [0.15, 0.2) is 54.6 Å². The Morgan fingerprint density at radius 1 is 1.04 bits per heavy atom. The molecule has 2 aromatic rings. The van der Waals surface area contributed by atoms with Crippen molar-refractivity contribution < 1.29 is 23.9 Å². The number of benzene rings is 2. The van der Waals surface area contributed by atoms with Crippen LogP contribution in [0.25, 0.3) is 11.1 Å². The topological polar surface area (TPSA) is 69.6 Å². The first-order valence-corrected chi connectivity index (χ1v) is 8.32. The van der Waals surface area contributed by atoms with E-state index < -0.39 is 23.3 Å². The predicted octanol–water partition coefficient (Wildman–Crippen LogP) is 3.81. The number of alkyl halides is 2.